The van der Waals surface area contributed by atoms with Crippen LogP contribution in [0.5, 0.6) is 0 Å². The summed E-state index contributed by atoms with van der Waals surface area (Å²) in [5.74, 6) is -0.887. The van der Waals surface area contributed by atoms with Gasteiger partial charge in [0.15, 0.2) is 0 Å². The zero-order chi connectivity index (χ0) is 30.3. The maximum absolute atomic E-state index is 14.1. The van der Waals surface area contributed by atoms with Crippen molar-refractivity contribution in [1.29, 1.82) is 0 Å². The number of nitrogens with zero attached hydrogens (tertiary/aromatic N) is 2. The van der Waals surface area contributed by atoms with Gasteiger partial charge in [0.25, 0.3) is 10.0 Å². The molecule has 0 radical (unpaired) electrons. The SMILES string of the molecule is CC[C@@H](C)NC(=O)[C@H](CC)N(Cc1ccc(Cl)c(Cl)c1)C(=O)CN(c1ccc(Cl)cc1)S(=O)(=O)c1ccc(C)cc1. The van der Waals surface area contributed by atoms with Crippen molar-refractivity contribution in [2.45, 2.75) is 64.1 Å². The fourth-order valence-corrected chi connectivity index (χ4v) is 6.03. The quantitative estimate of drug-likeness (QED) is 0.235. The van der Waals surface area contributed by atoms with Crippen LogP contribution in [0, 0.1) is 6.92 Å². The van der Waals surface area contributed by atoms with Crippen molar-refractivity contribution in [3.05, 3.63) is 92.9 Å². The highest BCUT2D eigenvalue weighted by Gasteiger charge is 2.34. The lowest BCUT2D eigenvalue weighted by Crippen LogP contribution is -2.53. The van der Waals surface area contributed by atoms with Gasteiger partial charge in [-0.05, 0) is 80.8 Å². The summed E-state index contributed by atoms with van der Waals surface area (Å²) in [5.41, 5.74) is 1.79. The number of carbonyl (C=O) groups excluding carboxylic acids is 2. The lowest BCUT2D eigenvalue weighted by Gasteiger charge is -2.33. The number of hydrogen-bond acceptors (Lipinski definition) is 4. The van der Waals surface area contributed by atoms with Gasteiger partial charge in [-0.3, -0.25) is 13.9 Å². The lowest BCUT2D eigenvalue weighted by atomic mass is 10.1. The third-order valence-corrected chi connectivity index (χ3v) is 9.51. The molecule has 0 bridgehead atoms. The van der Waals surface area contributed by atoms with E-state index in [0.717, 1.165) is 9.87 Å². The number of carbonyl (C=O) groups is 2. The van der Waals surface area contributed by atoms with E-state index < -0.39 is 28.5 Å². The molecule has 0 heterocycles. The Bertz CT molecular complexity index is 1470. The molecule has 3 aromatic rings. The number of sulfonamides is 1. The molecular formula is C30H34Cl3N3O4S. The normalized spacial score (nSPS) is 12.9. The molecule has 0 aromatic heterocycles. The topological polar surface area (TPSA) is 86.8 Å². The van der Waals surface area contributed by atoms with E-state index in [1.54, 1.807) is 49.4 Å². The number of amides is 2. The first-order chi connectivity index (χ1) is 19.4. The van der Waals surface area contributed by atoms with Crippen LogP contribution >= 0.6 is 34.8 Å². The van der Waals surface area contributed by atoms with Crippen LogP contribution in [0.3, 0.4) is 0 Å². The summed E-state index contributed by atoms with van der Waals surface area (Å²) in [5, 5.41) is 4.03. The first kappa shape index (κ1) is 32.7. The average molecular weight is 639 g/mol. The average Bonchev–Trinajstić information content (AvgIpc) is 2.94. The van der Waals surface area contributed by atoms with E-state index in [1.807, 2.05) is 20.8 Å². The van der Waals surface area contributed by atoms with Gasteiger partial charge in [0.2, 0.25) is 11.8 Å². The van der Waals surface area contributed by atoms with Gasteiger partial charge in [-0.1, -0.05) is 72.4 Å². The van der Waals surface area contributed by atoms with Gasteiger partial charge in [-0.25, -0.2) is 8.42 Å². The molecular weight excluding hydrogens is 605 g/mol. The standard InChI is InChI=1S/C30H34Cl3N3O4S/c1-5-21(4)34-30(38)28(6-2)35(18-22-9-16-26(32)27(33)17-22)29(37)19-36(24-12-10-23(31)11-13-24)41(39,40)25-14-7-20(3)8-15-25/h7-17,21,28H,5-6,18-19H2,1-4H3,(H,34,38)/t21-,28+/m1/s1. The molecule has 11 heteroatoms. The first-order valence-corrected chi connectivity index (χ1v) is 15.8. The Kier molecular flexibility index (Phi) is 11.5. The van der Waals surface area contributed by atoms with Crippen LogP contribution in [-0.2, 0) is 26.2 Å². The Morgan fingerprint density at radius 2 is 1.51 bits per heavy atom. The van der Waals surface area contributed by atoms with Gasteiger partial charge in [0, 0.05) is 17.6 Å². The zero-order valence-corrected chi connectivity index (χ0v) is 26.5. The van der Waals surface area contributed by atoms with Crippen molar-refractivity contribution in [3.8, 4) is 0 Å². The second-order valence-electron chi connectivity index (χ2n) is 9.81. The van der Waals surface area contributed by atoms with Gasteiger partial charge in [-0.2, -0.15) is 0 Å². The molecule has 0 aliphatic heterocycles. The fraction of sp³-hybridized carbons (Fsp3) is 0.333. The van der Waals surface area contributed by atoms with Gasteiger partial charge in [-0.15, -0.1) is 0 Å². The molecule has 0 aliphatic rings. The van der Waals surface area contributed by atoms with Crippen LogP contribution in [-0.4, -0.2) is 43.8 Å². The molecule has 0 fully saturated rings. The molecule has 0 spiro atoms. The van der Waals surface area contributed by atoms with E-state index in [2.05, 4.69) is 5.32 Å². The number of anilines is 1. The van der Waals surface area contributed by atoms with Crippen molar-refractivity contribution in [3.63, 3.8) is 0 Å². The van der Waals surface area contributed by atoms with Gasteiger partial charge >= 0.3 is 0 Å². The highest BCUT2D eigenvalue weighted by molar-refractivity contribution is 7.92. The first-order valence-electron chi connectivity index (χ1n) is 13.3. The van der Waals surface area contributed by atoms with Crippen LogP contribution in [0.25, 0.3) is 0 Å². The molecule has 220 valence electrons. The van der Waals surface area contributed by atoms with Gasteiger partial charge in [0.05, 0.1) is 20.6 Å². The van der Waals surface area contributed by atoms with E-state index in [0.29, 0.717) is 33.5 Å². The highest BCUT2D eigenvalue weighted by Crippen LogP contribution is 2.27. The van der Waals surface area contributed by atoms with Crippen molar-refractivity contribution < 1.29 is 18.0 Å². The zero-order valence-electron chi connectivity index (χ0n) is 23.4. The van der Waals surface area contributed by atoms with Crippen molar-refractivity contribution in [2.75, 3.05) is 10.8 Å². The Morgan fingerprint density at radius 1 is 0.878 bits per heavy atom. The third-order valence-electron chi connectivity index (χ3n) is 6.73. The number of rotatable bonds is 12. The smallest absolute Gasteiger partial charge is 0.264 e. The number of benzene rings is 3. The maximum atomic E-state index is 14.1. The predicted molar refractivity (Wildman–Crippen MR) is 166 cm³/mol. The molecule has 3 rings (SSSR count). The predicted octanol–water partition coefficient (Wildman–Crippen LogP) is 6.87. The summed E-state index contributed by atoms with van der Waals surface area (Å²) >= 11 is 18.4. The van der Waals surface area contributed by atoms with E-state index in [4.69, 9.17) is 34.8 Å². The van der Waals surface area contributed by atoms with Crippen LogP contribution in [0.15, 0.2) is 71.6 Å². The summed E-state index contributed by atoms with van der Waals surface area (Å²) in [6.45, 7) is 6.95. The monoisotopic (exact) mass is 637 g/mol. The van der Waals surface area contributed by atoms with E-state index in [-0.39, 0.29) is 29.1 Å². The number of hydrogen-bond donors (Lipinski definition) is 1. The number of nitrogens with one attached hydrogen (secondary N) is 1. The minimum absolute atomic E-state index is 0.0151. The Labute approximate surface area is 257 Å². The largest absolute Gasteiger partial charge is 0.352 e. The molecule has 0 aliphatic carbocycles. The molecule has 2 atom stereocenters. The van der Waals surface area contributed by atoms with Gasteiger partial charge in [0.1, 0.15) is 12.6 Å². The summed E-state index contributed by atoms with van der Waals surface area (Å²) in [7, 11) is -4.17. The minimum Gasteiger partial charge on any atom is -0.352 e. The third kappa shape index (κ3) is 8.38. The summed E-state index contributed by atoms with van der Waals surface area (Å²) in [6.07, 6.45) is 1.02. The fourth-order valence-electron chi connectivity index (χ4n) is 4.17. The maximum Gasteiger partial charge on any atom is 0.264 e. The van der Waals surface area contributed by atoms with Crippen molar-refractivity contribution in [1.82, 2.24) is 10.2 Å². The molecule has 0 saturated heterocycles. The summed E-state index contributed by atoms with van der Waals surface area (Å²) < 4.78 is 28.8. The van der Waals surface area contributed by atoms with Crippen molar-refractivity contribution >= 4 is 62.3 Å². The molecule has 0 saturated carbocycles. The molecule has 3 aromatic carbocycles. The lowest BCUT2D eigenvalue weighted by molar-refractivity contribution is -0.140. The van der Waals surface area contributed by atoms with Crippen LogP contribution in [0.4, 0.5) is 5.69 Å². The number of halogens is 3. The molecule has 41 heavy (non-hydrogen) atoms. The number of aryl methyl sites for hydroxylation is 1. The molecule has 2 amide bonds. The van der Waals surface area contributed by atoms with Crippen molar-refractivity contribution in [2.24, 2.45) is 0 Å². The van der Waals surface area contributed by atoms with Gasteiger partial charge < -0.3 is 10.2 Å². The Balaban J connectivity index is 2.07. The van der Waals surface area contributed by atoms with Crippen LogP contribution in [0.2, 0.25) is 15.1 Å². The molecule has 1 N–H and O–H groups in total. The van der Waals surface area contributed by atoms with Crippen LogP contribution in [0.1, 0.15) is 44.7 Å². The Morgan fingerprint density at radius 3 is 2.07 bits per heavy atom. The Hall–Kier alpha value is -2.78. The second kappa shape index (κ2) is 14.4. The minimum atomic E-state index is -4.17. The van der Waals surface area contributed by atoms with E-state index in [1.165, 1.54) is 29.2 Å². The second-order valence-corrected chi connectivity index (χ2v) is 12.9. The highest BCUT2D eigenvalue weighted by atomic mass is 35.5. The molecule has 7 nitrogen and oxygen atoms in total. The molecule has 0 unspecified atom stereocenters. The van der Waals surface area contributed by atoms with E-state index >= 15 is 0 Å². The summed E-state index contributed by atoms with van der Waals surface area (Å²) in [4.78, 5) is 28.9. The summed E-state index contributed by atoms with van der Waals surface area (Å²) in [6, 6.07) is 16.6. The van der Waals surface area contributed by atoms with E-state index in [9.17, 15) is 18.0 Å². The van der Waals surface area contributed by atoms with Crippen LogP contribution < -0.4 is 9.62 Å².